The van der Waals surface area contributed by atoms with Crippen LogP contribution in [0.1, 0.15) is 284 Å². The van der Waals surface area contributed by atoms with Crippen molar-refractivity contribution >= 4 is 15.9 Å². The highest BCUT2D eigenvalue weighted by Crippen LogP contribution is 2.23. The van der Waals surface area contributed by atoms with Crippen LogP contribution in [-0.4, -0.2) is 61.7 Å². The van der Waals surface area contributed by atoms with Crippen LogP contribution < -0.4 is 0 Å². The number of hydrogen-bond acceptors (Lipinski definition) is 0. The molecule has 0 spiro atoms. The van der Waals surface area contributed by atoms with E-state index in [0.717, 1.165) is 4.48 Å². The quantitative estimate of drug-likeness (QED) is 0.0248. The lowest BCUT2D eigenvalue weighted by atomic mass is 10.0. The summed E-state index contributed by atoms with van der Waals surface area (Å²) in [7, 11) is 9.85. The average molecular weight is 842 g/mol. The van der Waals surface area contributed by atoms with E-state index >= 15 is 0 Å². The second kappa shape index (κ2) is 42.5. The molecular weight excluding hydrogens is 732 g/mol. The number of rotatable bonds is 47. The Labute approximate surface area is 359 Å². The maximum absolute atomic E-state index is 4.09. The highest BCUT2D eigenvalue weighted by atomic mass is 79.9. The third-order valence-corrected chi connectivity index (χ3v) is 14.7. The van der Waals surface area contributed by atoms with Crippen LogP contribution in [0.5, 0.6) is 0 Å². The van der Waals surface area contributed by atoms with Crippen molar-refractivity contribution in [2.75, 3.05) is 47.8 Å². The Morgan fingerprint density at radius 1 is 0.273 bits per heavy atom. The largest absolute Gasteiger partial charge is 0.328 e. The molecule has 2 nitrogen and oxygen atoms in total. The van der Waals surface area contributed by atoms with Crippen LogP contribution >= 0.6 is 15.9 Å². The molecule has 3 heteroatoms. The third kappa shape index (κ3) is 42.3. The van der Waals surface area contributed by atoms with Gasteiger partial charge in [0.15, 0.2) is 0 Å². The fourth-order valence-electron chi connectivity index (χ4n) is 8.85. The number of nitrogens with zero attached hydrogens (tertiary/aromatic N) is 2. The van der Waals surface area contributed by atoms with E-state index < -0.39 is 0 Å². The van der Waals surface area contributed by atoms with Gasteiger partial charge in [0.2, 0.25) is 0 Å². The SMILES string of the molecule is CCCCCCCCCCCCCCCCCC[N+](C)(C)CCCCCCCCCCCC(Br)[N+](C)(C)CCCCCCCCCCCCCCCCCC. The topological polar surface area (TPSA) is 0 Å². The molecule has 0 aliphatic heterocycles. The van der Waals surface area contributed by atoms with Gasteiger partial charge in [-0.15, -0.1) is 0 Å². The summed E-state index contributed by atoms with van der Waals surface area (Å²) in [6, 6.07) is 0. The summed E-state index contributed by atoms with van der Waals surface area (Å²) in [5.74, 6) is 0. The summed E-state index contributed by atoms with van der Waals surface area (Å²) in [4.78, 5) is 0.621. The van der Waals surface area contributed by atoms with Crippen LogP contribution in [-0.2, 0) is 0 Å². The maximum Gasteiger partial charge on any atom is 0.144 e. The molecule has 332 valence electrons. The van der Waals surface area contributed by atoms with Crippen LogP contribution in [0, 0.1) is 0 Å². The number of quaternary nitrogens is 2. The van der Waals surface area contributed by atoms with Crippen molar-refractivity contribution in [3.05, 3.63) is 0 Å². The van der Waals surface area contributed by atoms with Gasteiger partial charge in [-0.2, -0.15) is 0 Å². The van der Waals surface area contributed by atoms with Gasteiger partial charge in [0, 0.05) is 6.42 Å². The minimum absolute atomic E-state index is 0.621. The predicted octanol–water partition coefficient (Wildman–Crippen LogP) is 18.3. The van der Waals surface area contributed by atoms with Gasteiger partial charge >= 0.3 is 0 Å². The van der Waals surface area contributed by atoms with E-state index in [-0.39, 0.29) is 0 Å². The summed E-state index contributed by atoms with van der Waals surface area (Å²) in [6.45, 7) is 8.70. The fourth-order valence-corrected chi connectivity index (χ4v) is 9.38. The summed E-state index contributed by atoms with van der Waals surface area (Å²) in [5, 5.41) is 0. The first kappa shape index (κ1) is 55.4. The van der Waals surface area contributed by atoms with Crippen molar-refractivity contribution in [2.45, 2.75) is 288 Å². The lowest BCUT2D eigenvalue weighted by Gasteiger charge is -2.35. The van der Waals surface area contributed by atoms with E-state index in [1.54, 1.807) is 0 Å². The van der Waals surface area contributed by atoms with Gasteiger partial charge in [0.1, 0.15) is 4.95 Å². The first-order valence-electron chi connectivity index (χ1n) is 26.0. The van der Waals surface area contributed by atoms with E-state index in [2.05, 4.69) is 58.0 Å². The van der Waals surface area contributed by atoms with Crippen molar-refractivity contribution in [1.82, 2.24) is 0 Å². The van der Waals surface area contributed by atoms with E-state index in [1.165, 1.54) is 294 Å². The molecule has 1 atom stereocenters. The summed E-state index contributed by atoms with van der Waals surface area (Å²) in [6.07, 6.45) is 60.9. The highest BCUT2D eigenvalue weighted by molar-refractivity contribution is 9.09. The number of alkyl halides is 1. The normalized spacial score (nSPS) is 12.9. The number of halogens is 1. The Morgan fingerprint density at radius 2 is 0.473 bits per heavy atom. The van der Waals surface area contributed by atoms with Crippen LogP contribution in [0.25, 0.3) is 0 Å². The smallest absolute Gasteiger partial charge is 0.144 e. The maximum atomic E-state index is 4.09. The van der Waals surface area contributed by atoms with E-state index in [0.29, 0.717) is 4.95 Å². The van der Waals surface area contributed by atoms with E-state index in [1.807, 2.05) is 0 Å². The molecule has 0 rings (SSSR count). The Kier molecular flexibility index (Phi) is 42.8. The minimum Gasteiger partial charge on any atom is -0.328 e. The van der Waals surface area contributed by atoms with Crippen LogP contribution in [0.4, 0.5) is 0 Å². The molecule has 0 bridgehead atoms. The van der Waals surface area contributed by atoms with Crippen LogP contribution in [0.15, 0.2) is 0 Å². The molecule has 1 unspecified atom stereocenters. The lowest BCUT2D eigenvalue weighted by Crippen LogP contribution is -2.46. The van der Waals surface area contributed by atoms with Crippen LogP contribution in [0.2, 0.25) is 0 Å². The second-order valence-electron chi connectivity index (χ2n) is 19.9. The molecule has 0 saturated carbocycles. The van der Waals surface area contributed by atoms with Crippen molar-refractivity contribution < 1.29 is 8.97 Å². The average Bonchev–Trinajstić information content (AvgIpc) is 3.16. The molecule has 0 aromatic carbocycles. The molecule has 0 aliphatic carbocycles. The molecular formula is C52H109BrN2+2. The van der Waals surface area contributed by atoms with Gasteiger partial charge in [0.25, 0.3) is 0 Å². The van der Waals surface area contributed by atoms with Gasteiger partial charge in [-0.3, -0.25) is 0 Å². The molecule has 0 aliphatic rings. The molecule has 0 heterocycles. The molecule has 0 aromatic rings. The highest BCUT2D eigenvalue weighted by Gasteiger charge is 2.24. The van der Waals surface area contributed by atoms with Crippen molar-refractivity contribution in [3.8, 4) is 0 Å². The summed E-state index contributed by atoms with van der Waals surface area (Å²) in [5.41, 5.74) is 0. The number of unbranched alkanes of at least 4 members (excludes halogenated alkanes) is 38. The molecule has 0 N–H and O–H groups in total. The molecule has 0 amide bonds. The molecule has 55 heavy (non-hydrogen) atoms. The fraction of sp³-hybridized carbons (Fsp3) is 1.00. The molecule has 0 aromatic heterocycles. The molecule has 0 fully saturated rings. The first-order valence-corrected chi connectivity index (χ1v) is 27.0. The minimum atomic E-state index is 0.621. The lowest BCUT2D eigenvalue weighted by molar-refractivity contribution is -0.899. The Hall–Kier alpha value is 0.400. The molecule has 0 saturated heterocycles. The zero-order chi connectivity index (χ0) is 40.4. The standard InChI is InChI=1S/C52H109BrN2/c1-7-9-11-13-15-17-19-21-23-25-27-29-33-37-41-45-49-54(3,4)50-46-42-38-34-31-32-36-40-44-48-52(53)55(5,6)51-47-43-39-35-30-28-26-24-22-20-18-16-14-12-10-8-2/h52H,7-51H2,1-6H3/q+2. The summed E-state index contributed by atoms with van der Waals surface area (Å²) < 4.78 is 2.38. The van der Waals surface area contributed by atoms with Gasteiger partial charge in [0.05, 0.1) is 47.8 Å². The van der Waals surface area contributed by atoms with Gasteiger partial charge in [-0.25, -0.2) is 0 Å². The first-order chi connectivity index (χ1) is 26.7. The Bertz CT molecular complexity index is 720. The van der Waals surface area contributed by atoms with Crippen molar-refractivity contribution in [3.63, 3.8) is 0 Å². The zero-order valence-electron chi connectivity index (χ0n) is 39.7. The Balaban J connectivity index is 3.48. The predicted molar refractivity (Wildman–Crippen MR) is 257 cm³/mol. The van der Waals surface area contributed by atoms with E-state index in [9.17, 15) is 0 Å². The van der Waals surface area contributed by atoms with E-state index in [4.69, 9.17) is 0 Å². The Morgan fingerprint density at radius 3 is 0.727 bits per heavy atom. The monoisotopic (exact) mass is 841 g/mol. The van der Waals surface area contributed by atoms with Crippen molar-refractivity contribution in [1.29, 1.82) is 0 Å². The van der Waals surface area contributed by atoms with Gasteiger partial charge in [-0.1, -0.05) is 232 Å². The summed E-state index contributed by atoms with van der Waals surface area (Å²) >= 11 is 4.09. The zero-order valence-corrected chi connectivity index (χ0v) is 41.3. The molecule has 0 radical (unpaired) electrons. The van der Waals surface area contributed by atoms with Crippen LogP contribution in [0.3, 0.4) is 0 Å². The van der Waals surface area contributed by atoms with Gasteiger partial charge < -0.3 is 8.97 Å². The second-order valence-corrected chi connectivity index (χ2v) is 21.0. The van der Waals surface area contributed by atoms with Gasteiger partial charge in [-0.05, 0) is 60.9 Å². The third-order valence-electron chi connectivity index (χ3n) is 13.2. The number of hydrogen-bond donors (Lipinski definition) is 0. The van der Waals surface area contributed by atoms with Crippen molar-refractivity contribution in [2.24, 2.45) is 0 Å².